The molecule has 2 nitrogen and oxygen atoms in total. The molecule has 0 bridgehead atoms. The minimum atomic E-state index is 0.489. The van der Waals surface area contributed by atoms with Gasteiger partial charge in [-0.1, -0.05) is 24.3 Å². The molecule has 1 unspecified atom stereocenters. The fraction of sp³-hybridized carbons (Fsp3) is 0.267. The molecule has 0 fully saturated rings. The number of hydrogen-bond acceptors (Lipinski definition) is 3. The predicted molar refractivity (Wildman–Crippen MR) is 76.7 cm³/mol. The number of benzene rings is 1. The third kappa shape index (κ3) is 2.98. The van der Waals surface area contributed by atoms with Crippen molar-refractivity contribution in [3.63, 3.8) is 0 Å². The molecule has 0 aliphatic rings. The van der Waals surface area contributed by atoms with Gasteiger partial charge in [-0.2, -0.15) is 5.26 Å². The highest BCUT2D eigenvalue weighted by molar-refractivity contribution is 7.16. The quantitative estimate of drug-likeness (QED) is 0.909. The Bertz CT molecular complexity index is 549. The lowest BCUT2D eigenvalue weighted by atomic mass is 10.0. The van der Waals surface area contributed by atoms with Crippen LogP contribution in [-0.4, -0.2) is 13.1 Å². The van der Waals surface area contributed by atoms with Gasteiger partial charge in [0.05, 0.1) is 0 Å². The van der Waals surface area contributed by atoms with Gasteiger partial charge in [0, 0.05) is 10.9 Å². The van der Waals surface area contributed by atoms with Crippen LogP contribution in [0.5, 0.6) is 0 Å². The van der Waals surface area contributed by atoms with Crippen LogP contribution in [0, 0.1) is 11.3 Å². The van der Waals surface area contributed by atoms with E-state index in [0.29, 0.717) is 6.04 Å². The summed E-state index contributed by atoms with van der Waals surface area (Å²) in [5, 5.41) is 12.1. The van der Waals surface area contributed by atoms with Crippen molar-refractivity contribution in [1.29, 1.82) is 5.26 Å². The van der Waals surface area contributed by atoms with Crippen molar-refractivity contribution in [2.75, 3.05) is 7.05 Å². The molecule has 2 aromatic rings. The summed E-state index contributed by atoms with van der Waals surface area (Å²) in [6.45, 7) is 2.17. The van der Waals surface area contributed by atoms with Gasteiger partial charge in [-0.25, -0.2) is 0 Å². The molecule has 1 N–H and O–H groups in total. The van der Waals surface area contributed by atoms with Gasteiger partial charge in [0.25, 0.3) is 0 Å². The lowest BCUT2D eigenvalue weighted by Gasteiger charge is -2.10. The van der Waals surface area contributed by atoms with Crippen molar-refractivity contribution in [1.82, 2.24) is 5.32 Å². The minimum absolute atomic E-state index is 0.489. The Balaban J connectivity index is 2.15. The van der Waals surface area contributed by atoms with Crippen LogP contribution in [0.2, 0.25) is 0 Å². The molecule has 0 saturated heterocycles. The number of nitrogens with zero attached hydrogens (tertiary/aromatic N) is 1. The van der Waals surface area contributed by atoms with Crippen LogP contribution in [0.4, 0.5) is 0 Å². The van der Waals surface area contributed by atoms with Crippen molar-refractivity contribution >= 4 is 11.3 Å². The molecule has 0 radical (unpaired) electrons. The fourth-order valence-electron chi connectivity index (χ4n) is 1.81. The summed E-state index contributed by atoms with van der Waals surface area (Å²) >= 11 is 1.54. The Kier molecular flexibility index (Phi) is 4.14. The molecular weight excluding hydrogens is 240 g/mol. The van der Waals surface area contributed by atoms with E-state index in [2.05, 4.69) is 42.6 Å². The van der Waals surface area contributed by atoms with Crippen molar-refractivity contribution in [2.45, 2.75) is 19.4 Å². The van der Waals surface area contributed by atoms with E-state index in [0.717, 1.165) is 16.2 Å². The lowest BCUT2D eigenvalue weighted by molar-refractivity contribution is 0.608. The van der Waals surface area contributed by atoms with E-state index in [4.69, 9.17) is 5.26 Å². The summed E-state index contributed by atoms with van der Waals surface area (Å²) in [6.07, 6.45) is 1.03. The molecule has 3 heteroatoms. The van der Waals surface area contributed by atoms with Gasteiger partial charge in [0.15, 0.2) is 0 Å². The zero-order valence-corrected chi connectivity index (χ0v) is 11.4. The van der Waals surface area contributed by atoms with Gasteiger partial charge in [0.2, 0.25) is 0 Å². The van der Waals surface area contributed by atoms with Crippen molar-refractivity contribution in [3.8, 4) is 16.5 Å². The van der Waals surface area contributed by atoms with Crippen LogP contribution in [-0.2, 0) is 6.42 Å². The molecule has 18 heavy (non-hydrogen) atoms. The first-order valence-electron chi connectivity index (χ1n) is 5.99. The minimum Gasteiger partial charge on any atom is -0.317 e. The van der Waals surface area contributed by atoms with Gasteiger partial charge in [-0.3, -0.25) is 0 Å². The molecule has 0 aliphatic carbocycles. The van der Waals surface area contributed by atoms with Crippen LogP contribution in [0.3, 0.4) is 0 Å². The third-order valence-electron chi connectivity index (χ3n) is 2.99. The van der Waals surface area contributed by atoms with Crippen molar-refractivity contribution in [3.05, 3.63) is 46.8 Å². The number of likely N-dealkylation sites (N-methyl/N-ethyl adjacent to an activating group) is 1. The van der Waals surface area contributed by atoms with Crippen LogP contribution in [0.1, 0.15) is 17.4 Å². The van der Waals surface area contributed by atoms with Crippen LogP contribution >= 0.6 is 11.3 Å². The number of nitrogens with one attached hydrogen (secondary N) is 1. The topological polar surface area (TPSA) is 35.8 Å². The summed E-state index contributed by atoms with van der Waals surface area (Å²) in [7, 11) is 1.98. The number of hydrogen-bond donors (Lipinski definition) is 1. The zero-order chi connectivity index (χ0) is 13.0. The molecule has 0 amide bonds. The molecule has 1 aromatic heterocycles. The van der Waals surface area contributed by atoms with Crippen LogP contribution in [0.15, 0.2) is 36.4 Å². The average Bonchev–Trinajstić information content (AvgIpc) is 2.88. The van der Waals surface area contributed by atoms with Crippen LogP contribution in [0.25, 0.3) is 10.4 Å². The molecule has 0 spiro atoms. The second kappa shape index (κ2) is 5.81. The first-order chi connectivity index (χ1) is 8.72. The lowest BCUT2D eigenvalue weighted by Crippen LogP contribution is -2.23. The fourth-order valence-corrected chi connectivity index (χ4v) is 2.62. The summed E-state index contributed by atoms with van der Waals surface area (Å²) < 4.78 is 0. The maximum Gasteiger partial charge on any atom is 0.110 e. The highest BCUT2D eigenvalue weighted by Gasteiger charge is 2.04. The molecule has 1 aromatic carbocycles. The van der Waals surface area contributed by atoms with E-state index in [-0.39, 0.29) is 0 Å². The number of thiophene rings is 1. The second-order valence-electron chi connectivity index (χ2n) is 4.37. The van der Waals surface area contributed by atoms with E-state index in [1.54, 1.807) is 0 Å². The molecule has 2 rings (SSSR count). The summed E-state index contributed by atoms with van der Waals surface area (Å²) in [6, 6.07) is 15.1. The number of nitriles is 1. The third-order valence-corrected chi connectivity index (χ3v) is 4.03. The molecule has 1 atom stereocenters. The summed E-state index contributed by atoms with van der Waals surface area (Å²) in [5.41, 5.74) is 2.51. The SMILES string of the molecule is CNC(C)Cc1ccc(-c2ccc(C#N)s2)cc1. The largest absolute Gasteiger partial charge is 0.317 e. The Morgan fingerprint density at radius 3 is 2.50 bits per heavy atom. The molecule has 0 saturated carbocycles. The second-order valence-corrected chi connectivity index (χ2v) is 5.45. The van der Waals surface area contributed by atoms with Gasteiger partial charge >= 0.3 is 0 Å². The first-order valence-corrected chi connectivity index (χ1v) is 6.81. The standard InChI is InChI=1S/C15H16N2S/c1-11(17-2)9-12-3-5-13(6-4-12)15-8-7-14(10-16)18-15/h3-8,11,17H,9H2,1-2H3. The number of rotatable bonds is 4. The maximum atomic E-state index is 8.82. The Labute approximate surface area is 112 Å². The zero-order valence-electron chi connectivity index (χ0n) is 10.6. The van der Waals surface area contributed by atoms with E-state index in [9.17, 15) is 0 Å². The Morgan fingerprint density at radius 1 is 1.22 bits per heavy atom. The molecule has 92 valence electrons. The predicted octanol–water partition coefficient (Wildman–Crippen LogP) is 3.44. The normalized spacial score (nSPS) is 12.1. The highest BCUT2D eigenvalue weighted by atomic mass is 32.1. The van der Waals surface area contributed by atoms with Crippen molar-refractivity contribution < 1.29 is 0 Å². The molecular formula is C15H16N2S. The van der Waals surface area contributed by atoms with Crippen LogP contribution < -0.4 is 5.32 Å². The molecule has 1 heterocycles. The maximum absolute atomic E-state index is 8.82. The van der Waals surface area contributed by atoms with Gasteiger partial charge in [0.1, 0.15) is 10.9 Å². The van der Waals surface area contributed by atoms with Gasteiger partial charge in [-0.15, -0.1) is 11.3 Å². The Hall–Kier alpha value is -1.63. The van der Waals surface area contributed by atoms with E-state index >= 15 is 0 Å². The smallest absolute Gasteiger partial charge is 0.110 e. The average molecular weight is 256 g/mol. The summed E-state index contributed by atoms with van der Waals surface area (Å²) in [5.74, 6) is 0. The van der Waals surface area contributed by atoms with Gasteiger partial charge in [-0.05, 0) is 43.7 Å². The van der Waals surface area contributed by atoms with E-state index < -0.39 is 0 Å². The van der Waals surface area contributed by atoms with Crippen molar-refractivity contribution in [2.24, 2.45) is 0 Å². The van der Waals surface area contributed by atoms with Gasteiger partial charge < -0.3 is 5.32 Å². The Morgan fingerprint density at radius 2 is 1.94 bits per heavy atom. The monoisotopic (exact) mass is 256 g/mol. The van der Waals surface area contributed by atoms with E-state index in [1.165, 1.54) is 22.5 Å². The summed E-state index contributed by atoms with van der Waals surface area (Å²) in [4.78, 5) is 1.91. The first kappa shape index (κ1) is 12.8. The van der Waals surface area contributed by atoms with E-state index in [1.807, 2.05) is 19.2 Å². The highest BCUT2D eigenvalue weighted by Crippen LogP contribution is 2.27. The molecule has 0 aliphatic heterocycles.